The number of rotatable bonds is 18. The molecule has 128 heavy (non-hydrogen) atoms. The van der Waals surface area contributed by atoms with Crippen molar-refractivity contribution in [1.82, 2.24) is 0 Å². The van der Waals surface area contributed by atoms with Crippen molar-refractivity contribution in [3.05, 3.63) is 376 Å². The van der Waals surface area contributed by atoms with Gasteiger partial charge in [-0.05, 0) is 293 Å². The summed E-state index contributed by atoms with van der Waals surface area (Å²) in [6, 6.07) is 72.2. The fourth-order valence-corrected chi connectivity index (χ4v) is 12.5. The first-order chi connectivity index (χ1) is 60.5. The van der Waals surface area contributed by atoms with Gasteiger partial charge in [0.1, 0.15) is 46.0 Å². The molecule has 0 unspecified atom stereocenters. The molecule has 12 rings (SSSR count). The summed E-state index contributed by atoms with van der Waals surface area (Å²) in [7, 11) is 1.38. The number of aryl methyl sites for hydroxylation is 5. The predicted octanol–water partition coefficient (Wildman–Crippen LogP) is 25.6. The number of methoxy groups -OCH3 is 1. The standard InChI is InChI=1S/C44H34.C38H22O6.C16H24O3.C15H21ClO2.3CH4/c1-31-13-15-34(4)41(25-31)21-17-37-9-7-11-39(29-37)19-23-43-27-33(3)28-44(36(43)6)24-20-40-12-8-10-38(30-40)18-22-42-26-32(2)14-16-35(42)5;39-33-15-17-36(42)29(21-33)11-7-25-3-1-5-27(19-25)9-13-31-23-35(41)24-32(38(31)44)14-10-28-6-2-4-26(20-28)8-12-30-22-34(40)16-18-37(30)43;1-3-4-5-6-7-8-13-19-15-11-9-14(10-12-15)16(17)18-2;1-2-3-4-5-6-7-12-18-14-10-8-13(9-11-14)15(16)17;;;/h7-16,25-30H,1-6H3;1-6,15-24,39-44H;9-12H,3-8,13H2,1-2H3;8-11H,2-7,12H2,1H3;3*1H4. The third-order valence-electron chi connectivity index (χ3n) is 19.5. The number of unbranched alkanes of at least 4 members (excludes halogenated alkanes) is 10. The summed E-state index contributed by atoms with van der Waals surface area (Å²) < 4.78 is 15.9. The molecule has 0 amide bonds. The van der Waals surface area contributed by atoms with Gasteiger partial charge < -0.3 is 44.8 Å². The molecule has 0 radical (unpaired) electrons. The van der Waals surface area contributed by atoms with Crippen LogP contribution in [0, 0.1) is 136 Å². The minimum Gasteiger partial charge on any atom is -0.508 e. The average Bonchev–Trinajstić information content (AvgIpc) is 0.832. The van der Waals surface area contributed by atoms with Crippen molar-refractivity contribution in [3.63, 3.8) is 0 Å². The summed E-state index contributed by atoms with van der Waals surface area (Å²) >= 11 is 5.36. The number of hydrogen-bond donors (Lipinski definition) is 6. The Bertz CT molecular complexity index is 5710. The average molecular weight is 1720 g/mol. The molecule has 0 aliphatic carbocycles. The normalized spacial score (nSPS) is 9.64. The zero-order chi connectivity index (χ0) is 89.2. The van der Waals surface area contributed by atoms with Gasteiger partial charge in [-0.1, -0.05) is 244 Å². The Morgan fingerprint density at radius 2 is 0.594 bits per heavy atom. The van der Waals surface area contributed by atoms with E-state index in [1.54, 1.807) is 84.9 Å². The van der Waals surface area contributed by atoms with Crippen LogP contribution >= 0.6 is 11.6 Å². The largest absolute Gasteiger partial charge is 0.508 e. The second-order valence-electron chi connectivity index (χ2n) is 29.8. The molecule has 0 aliphatic heterocycles. The maximum absolute atomic E-state index is 11.2. The molecule has 11 nitrogen and oxygen atoms in total. The lowest BCUT2D eigenvalue weighted by molar-refractivity contribution is 0.0600. The maximum atomic E-state index is 11.2. The molecule has 0 saturated carbocycles. The predicted molar refractivity (Wildman–Crippen MR) is 523 cm³/mol. The summed E-state index contributed by atoms with van der Waals surface area (Å²) in [5, 5.41) is 59.8. The lowest BCUT2D eigenvalue weighted by Gasteiger charge is -2.06. The Kier molecular flexibility index (Phi) is 42.8. The fourth-order valence-electron chi connectivity index (χ4n) is 12.4. The molecule has 0 bridgehead atoms. The van der Waals surface area contributed by atoms with E-state index in [4.69, 9.17) is 21.1 Å². The van der Waals surface area contributed by atoms with Gasteiger partial charge in [-0.15, -0.1) is 0 Å². The number of halogens is 1. The van der Waals surface area contributed by atoms with Gasteiger partial charge in [-0.25, -0.2) is 4.79 Å². The number of hydrogen-bond acceptors (Lipinski definition) is 11. The Morgan fingerprint density at radius 3 is 0.930 bits per heavy atom. The number of aromatic hydroxyl groups is 6. The Balaban J connectivity index is 0.000000281. The number of carbonyl (C=O) groups is 2. The number of ether oxygens (including phenoxy) is 3. The summed E-state index contributed by atoms with van der Waals surface area (Å²) in [5.74, 6) is 50.8. The van der Waals surface area contributed by atoms with Crippen LogP contribution in [-0.4, -0.2) is 62.2 Å². The van der Waals surface area contributed by atoms with Crippen molar-refractivity contribution in [2.24, 2.45) is 0 Å². The summed E-state index contributed by atoms with van der Waals surface area (Å²) in [4.78, 5) is 22.1. The van der Waals surface area contributed by atoms with Crippen LogP contribution in [0.25, 0.3) is 0 Å². The van der Waals surface area contributed by atoms with Crippen molar-refractivity contribution in [3.8, 4) is 141 Å². The minimum atomic E-state index is -0.433. The van der Waals surface area contributed by atoms with Gasteiger partial charge in [-0.3, -0.25) is 4.79 Å². The molecular weight excluding hydrogens is 1600 g/mol. The summed E-state index contributed by atoms with van der Waals surface area (Å²) in [6.07, 6.45) is 15.1. The third kappa shape index (κ3) is 34.6. The first-order valence-corrected chi connectivity index (χ1v) is 42.0. The molecule has 650 valence electrons. The number of carbonyl (C=O) groups excluding carboxylic acids is 2. The molecular formula is C116H113ClO11. The highest BCUT2D eigenvalue weighted by Gasteiger charge is 2.11. The number of phenols is 6. The van der Waals surface area contributed by atoms with E-state index in [1.165, 1.54) is 142 Å². The van der Waals surface area contributed by atoms with Gasteiger partial charge in [0, 0.05) is 72.3 Å². The highest BCUT2D eigenvalue weighted by Crippen LogP contribution is 2.29. The molecule has 12 heteroatoms. The van der Waals surface area contributed by atoms with Crippen LogP contribution in [0.5, 0.6) is 46.0 Å². The van der Waals surface area contributed by atoms with Crippen LogP contribution < -0.4 is 9.47 Å². The first kappa shape index (κ1) is 102. The van der Waals surface area contributed by atoms with Gasteiger partial charge in [0.25, 0.3) is 5.24 Å². The summed E-state index contributed by atoms with van der Waals surface area (Å²) in [5.41, 5.74) is 19.3. The molecule has 0 saturated heterocycles. The Morgan fingerprint density at radius 1 is 0.297 bits per heavy atom. The quantitative estimate of drug-likeness (QED) is 0.0158. The minimum absolute atomic E-state index is 0. The molecule has 12 aromatic rings. The molecule has 0 fully saturated rings. The van der Waals surface area contributed by atoms with Gasteiger partial charge in [0.05, 0.1) is 48.1 Å². The van der Waals surface area contributed by atoms with Crippen LogP contribution in [0.3, 0.4) is 0 Å². The van der Waals surface area contributed by atoms with E-state index in [-0.39, 0.29) is 85.0 Å². The van der Waals surface area contributed by atoms with Crippen molar-refractivity contribution in [2.45, 2.75) is 155 Å². The van der Waals surface area contributed by atoms with Crippen LogP contribution in [0.4, 0.5) is 0 Å². The van der Waals surface area contributed by atoms with Gasteiger partial charge in [0.2, 0.25) is 0 Å². The Hall–Kier alpha value is -15.1. The van der Waals surface area contributed by atoms with Crippen molar-refractivity contribution >= 4 is 22.8 Å². The molecule has 0 atom stereocenters. The van der Waals surface area contributed by atoms with Gasteiger partial charge in [0.15, 0.2) is 0 Å². The van der Waals surface area contributed by atoms with E-state index in [9.17, 15) is 40.2 Å². The Labute approximate surface area is 764 Å². The van der Waals surface area contributed by atoms with Crippen LogP contribution in [-0.2, 0) is 4.74 Å². The second-order valence-corrected chi connectivity index (χ2v) is 30.1. The van der Waals surface area contributed by atoms with E-state index in [0.717, 1.165) is 93.2 Å². The zero-order valence-electron chi connectivity index (χ0n) is 72.1. The molecule has 12 aromatic carbocycles. The van der Waals surface area contributed by atoms with Gasteiger partial charge in [-0.2, -0.15) is 0 Å². The third-order valence-corrected chi connectivity index (χ3v) is 19.7. The van der Waals surface area contributed by atoms with Crippen molar-refractivity contribution < 1.29 is 54.4 Å². The van der Waals surface area contributed by atoms with Crippen molar-refractivity contribution in [1.29, 1.82) is 0 Å². The molecule has 0 heterocycles. The van der Waals surface area contributed by atoms with E-state index < -0.39 is 5.24 Å². The number of esters is 1. The van der Waals surface area contributed by atoms with Crippen LogP contribution in [0.2, 0.25) is 0 Å². The zero-order valence-corrected chi connectivity index (χ0v) is 72.9. The monoisotopic (exact) mass is 1720 g/mol. The van der Waals surface area contributed by atoms with Crippen LogP contribution in [0.1, 0.15) is 256 Å². The smallest absolute Gasteiger partial charge is 0.337 e. The SMILES string of the molecule is C.C.C.CCCCCCCCOc1ccc(C(=O)Cl)cc1.CCCCCCCCOc1ccc(C(=O)OC)cc1.Cc1ccc(C)c(C#Cc2cccc(C#Cc3cc(C)cc(C#Cc4cccc(C#Cc5cc(C)ccc5C)c4)c3C)c2)c1.Oc1ccc(O)c(C#Cc2cccc(C#Cc3cc(O)cc(C#Cc4cccc(C#Cc5cc(O)ccc5O)c4)c3O)c2)c1. The molecule has 0 aromatic heterocycles. The first-order valence-electron chi connectivity index (χ1n) is 41.6. The number of phenolic OH excluding ortho intramolecular Hbond substituents is 6. The highest BCUT2D eigenvalue weighted by molar-refractivity contribution is 6.67. The van der Waals surface area contributed by atoms with Crippen LogP contribution in [0.15, 0.2) is 243 Å². The fraction of sp³-hybridized carbons (Fsp3) is 0.224. The topological polar surface area (TPSA) is 183 Å². The lowest BCUT2D eigenvalue weighted by Crippen LogP contribution is -2.01. The second kappa shape index (κ2) is 53.9. The highest BCUT2D eigenvalue weighted by atomic mass is 35.5. The van der Waals surface area contributed by atoms with Gasteiger partial charge >= 0.3 is 5.97 Å². The van der Waals surface area contributed by atoms with E-state index in [2.05, 4.69) is 203 Å². The maximum Gasteiger partial charge on any atom is 0.337 e. The number of benzene rings is 12. The molecule has 0 aliphatic rings. The van der Waals surface area contributed by atoms with E-state index >= 15 is 0 Å². The molecule has 6 N–H and O–H groups in total. The summed E-state index contributed by atoms with van der Waals surface area (Å²) in [6.45, 7) is 18.5. The molecule has 0 spiro atoms. The van der Waals surface area contributed by atoms with E-state index in [0.29, 0.717) is 33.4 Å². The van der Waals surface area contributed by atoms with Crippen molar-refractivity contribution in [2.75, 3.05) is 20.3 Å². The lowest BCUT2D eigenvalue weighted by atomic mass is 9.99. The van der Waals surface area contributed by atoms with E-state index in [1.807, 2.05) is 60.7 Å².